The van der Waals surface area contributed by atoms with E-state index in [1.54, 1.807) is 0 Å². The molecule has 12 rings (SSSR count). The minimum Gasteiger partial charge on any atom is -0.456 e. The van der Waals surface area contributed by atoms with Gasteiger partial charge in [-0.1, -0.05) is 134 Å². The third-order valence-corrected chi connectivity index (χ3v) is 16.0. The van der Waals surface area contributed by atoms with Crippen LogP contribution in [0.4, 0.5) is 34.1 Å². The topological polar surface area (TPSA) is 19.6 Å². The predicted molar refractivity (Wildman–Crippen MR) is 268 cm³/mol. The van der Waals surface area contributed by atoms with Gasteiger partial charge in [0.05, 0.1) is 11.1 Å². The van der Waals surface area contributed by atoms with E-state index in [1.807, 2.05) is 0 Å². The number of anilines is 6. The van der Waals surface area contributed by atoms with Crippen LogP contribution < -0.4 is 26.2 Å². The zero-order chi connectivity index (χ0) is 43.4. The number of rotatable bonds is 3. The highest BCUT2D eigenvalue weighted by Gasteiger charge is 2.47. The van der Waals surface area contributed by atoms with Crippen LogP contribution in [0.1, 0.15) is 109 Å². The average Bonchev–Trinajstić information content (AvgIpc) is 3.66. The molecule has 0 fully saturated rings. The summed E-state index contributed by atoms with van der Waals surface area (Å²) in [5.41, 5.74) is 23.3. The molecule has 0 atom stereocenters. The first-order chi connectivity index (χ1) is 30.1. The third-order valence-electron chi connectivity index (χ3n) is 16.0. The summed E-state index contributed by atoms with van der Waals surface area (Å²) in [5, 5.41) is 2.28. The molecular weight excluding hydrogens is 763 g/mol. The van der Waals surface area contributed by atoms with Gasteiger partial charge in [-0.3, -0.25) is 0 Å². The van der Waals surface area contributed by atoms with Crippen LogP contribution >= 0.6 is 0 Å². The molecule has 0 spiro atoms. The predicted octanol–water partition coefficient (Wildman–Crippen LogP) is 14.3. The molecule has 0 N–H and O–H groups in total. The summed E-state index contributed by atoms with van der Waals surface area (Å²) in [6, 6.07) is 51.0. The van der Waals surface area contributed by atoms with Crippen molar-refractivity contribution >= 4 is 79.2 Å². The standard InChI is InChI=1S/C59H57BN2O/c1-36-30-50-55-51(31-36)62(48-19-15-21-53-54(48)40-18-13-14-20-52(40)63-53)47-25-22-38(37-16-11-10-12-17-37)32-45(47)60(55)46-34-43-44(59(8,9)29-28-58(43,6)7)35-49(46)61(50)39-23-24-41-42(33-39)57(4,5)27-26-56(41,2)3/h10-25,30-35H,26-29H2,1-9H3. The summed E-state index contributed by atoms with van der Waals surface area (Å²) in [4.78, 5) is 5.25. The molecule has 4 aliphatic rings. The molecule has 1 aromatic heterocycles. The monoisotopic (exact) mass is 820 g/mol. The first-order valence-electron chi connectivity index (χ1n) is 23.3. The number of para-hydroxylation sites is 1. The summed E-state index contributed by atoms with van der Waals surface area (Å²) >= 11 is 0. The lowest BCUT2D eigenvalue weighted by atomic mass is 9.33. The Morgan fingerprint density at radius 3 is 1.78 bits per heavy atom. The second-order valence-electron chi connectivity index (χ2n) is 21.9. The molecule has 2 aliphatic heterocycles. The van der Waals surface area contributed by atoms with Crippen molar-refractivity contribution < 1.29 is 4.42 Å². The van der Waals surface area contributed by atoms with E-state index in [2.05, 4.69) is 206 Å². The van der Waals surface area contributed by atoms with Crippen LogP contribution in [0.15, 0.2) is 138 Å². The van der Waals surface area contributed by atoms with Gasteiger partial charge in [0.1, 0.15) is 11.2 Å². The van der Waals surface area contributed by atoms with Gasteiger partial charge in [0, 0.05) is 33.8 Å². The van der Waals surface area contributed by atoms with Crippen LogP contribution in [0.2, 0.25) is 0 Å². The van der Waals surface area contributed by atoms with Gasteiger partial charge in [0.2, 0.25) is 0 Å². The lowest BCUT2D eigenvalue weighted by Crippen LogP contribution is -2.62. The van der Waals surface area contributed by atoms with E-state index in [9.17, 15) is 0 Å². The van der Waals surface area contributed by atoms with Gasteiger partial charge in [-0.2, -0.15) is 0 Å². The molecule has 0 bridgehead atoms. The molecule has 0 unspecified atom stereocenters. The summed E-state index contributed by atoms with van der Waals surface area (Å²) in [6.07, 6.45) is 4.71. The van der Waals surface area contributed by atoms with Crippen molar-refractivity contribution in [2.24, 2.45) is 0 Å². The highest BCUT2D eigenvalue weighted by atomic mass is 16.3. The minimum atomic E-state index is 0.0104. The zero-order valence-corrected chi connectivity index (χ0v) is 38.4. The fourth-order valence-corrected chi connectivity index (χ4v) is 12.2. The molecule has 8 aromatic rings. The molecule has 3 nitrogen and oxygen atoms in total. The Hall–Kier alpha value is -6.00. The Morgan fingerprint density at radius 2 is 1.05 bits per heavy atom. The van der Waals surface area contributed by atoms with E-state index in [-0.39, 0.29) is 28.4 Å². The first kappa shape index (κ1) is 38.7. The van der Waals surface area contributed by atoms with Crippen LogP contribution in [0, 0.1) is 6.92 Å². The Morgan fingerprint density at radius 1 is 0.444 bits per heavy atom. The van der Waals surface area contributed by atoms with Crippen molar-refractivity contribution in [2.75, 3.05) is 9.80 Å². The van der Waals surface area contributed by atoms with Crippen LogP contribution in [-0.2, 0) is 21.7 Å². The van der Waals surface area contributed by atoms with E-state index >= 15 is 0 Å². The van der Waals surface area contributed by atoms with Crippen LogP contribution in [0.5, 0.6) is 0 Å². The van der Waals surface area contributed by atoms with E-state index in [0.29, 0.717) is 0 Å². The van der Waals surface area contributed by atoms with E-state index < -0.39 is 0 Å². The Kier molecular flexibility index (Phi) is 8.00. The normalized spacial score (nSPS) is 18.4. The van der Waals surface area contributed by atoms with Crippen molar-refractivity contribution in [1.29, 1.82) is 0 Å². The van der Waals surface area contributed by atoms with Crippen molar-refractivity contribution in [3.63, 3.8) is 0 Å². The van der Waals surface area contributed by atoms with Crippen LogP contribution in [0.3, 0.4) is 0 Å². The van der Waals surface area contributed by atoms with Crippen LogP contribution in [-0.4, -0.2) is 6.71 Å². The molecule has 0 amide bonds. The Balaban J connectivity index is 1.21. The molecule has 2 aliphatic carbocycles. The van der Waals surface area contributed by atoms with Gasteiger partial charge in [0.15, 0.2) is 0 Å². The van der Waals surface area contributed by atoms with Crippen molar-refractivity contribution in [2.45, 2.75) is 110 Å². The smallest absolute Gasteiger partial charge is 0.252 e. The number of benzene rings is 7. The van der Waals surface area contributed by atoms with E-state index in [0.717, 1.165) is 27.6 Å². The lowest BCUT2D eigenvalue weighted by Gasteiger charge is -2.48. The van der Waals surface area contributed by atoms with Gasteiger partial charge < -0.3 is 14.2 Å². The van der Waals surface area contributed by atoms with Crippen LogP contribution in [0.25, 0.3) is 33.1 Å². The Labute approximate surface area is 373 Å². The highest BCUT2D eigenvalue weighted by molar-refractivity contribution is 7.00. The number of aryl methyl sites for hydroxylation is 1. The maximum atomic E-state index is 6.59. The highest BCUT2D eigenvalue weighted by Crippen LogP contribution is 2.53. The average molecular weight is 821 g/mol. The van der Waals surface area contributed by atoms with Gasteiger partial charge in [-0.05, 0) is 164 Å². The molecule has 7 aromatic carbocycles. The largest absolute Gasteiger partial charge is 0.456 e. The number of nitrogens with zero attached hydrogens (tertiary/aromatic N) is 2. The quantitative estimate of drug-likeness (QED) is 0.166. The summed E-state index contributed by atoms with van der Waals surface area (Å²) in [7, 11) is 0. The molecule has 3 heterocycles. The summed E-state index contributed by atoms with van der Waals surface area (Å²) < 4.78 is 6.59. The Bertz CT molecular complexity index is 3220. The molecule has 4 heteroatoms. The molecule has 0 saturated heterocycles. The fraction of sp³-hybridized carbons (Fsp3) is 0.288. The third kappa shape index (κ3) is 5.59. The molecule has 0 saturated carbocycles. The lowest BCUT2D eigenvalue weighted by molar-refractivity contribution is 0.332. The number of fused-ring (bicyclic) bond motifs is 9. The second kappa shape index (κ2) is 13.0. The van der Waals surface area contributed by atoms with Gasteiger partial charge in [-0.25, -0.2) is 0 Å². The second-order valence-corrected chi connectivity index (χ2v) is 21.9. The van der Waals surface area contributed by atoms with Crippen molar-refractivity contribution in [1.82, 2.24) is 0 Å². The maximum absolute atomic E-state index is 6.59. The molecule has 63 heavy (non-hydrogen) atoms. The van der Waals surface area contributed by atoms with E-state index in [1.165, 1.54) is 109 Å². The summed E-state index contributed by atoms with van der Waals surface area (Å²) in [5.74, 6) is 0. The molecular formula is C59H57BN2O. The molecule has 312 valence electrons. The fourth-order valence-electron chi connectivity index (χ4n) is 12.2. The first-order valence-corrected chi connectivity index (χ1v) is 23.3. The molecule has 0 radical (unpaired) electrons. The zero-order valence-electron chi connectivity index (χ0n) is 38.4. The maximum Gasteiger partial charge on any atom is 0.252 e. The van der Waals surface area contributed by atoms with E-state index in [4.69, 9.17) is 4.42 Å². The van der Waals surface area contributed by atoms with Gasteiger partial charge in [-0.15, -0.1) is 0 Å². The summed E-state index contributed by atoms with van der Waals surface area (Å²) in [6.45, 7) is 22.0. The number of furan rings is 1. The number of hydrogen-bond donors (Lipinski definition) is 0. The van der Waals surface area contributed by atoms with Crippen molar-refractivity contribution in [3.8, 4) is 11.1 Å². The number of hydrogen-bond acceptors (Lipinski definition) is 3. The van der Waals surface area contributed by atoms with Crippen molar-refractivity contribution in [3.05, 3.63) is 161 Å². The van der Waals surface area contributed by atoms with Gasteiger partial charge >= 0.3 is 0 Å². The van der Waals surface area contributed by atoms with Gasteiger partial charge in [0.25, 0.3) is 6.71 Å². The minimum absolute atomic E-state index is 0.0104. The SMILES string of the molecule is Cc1cc2c3c(c1)N(c1cccc4oc5ccccc5c14)c1ccc(-c4ccccc4)cc1B3c1cc3c(cc1N2c1ccc2c(c1)C(C)(C)CCC2(C)C)C(C)(C)CCC3(C)C.